The molecular formula is C16H32N2O. The number of nitrogens with zero attached hydrogens (tertiary/aromatic N) is 1. The molecule has 3 heteroatoms. The van der Waals surface area contributed by atoms with Gasteiger partial charge in [-0.25, -0.2) is 0 Å². The standard InChI is InChI=1S/C16H32N2O/c1-13(2)10-17-11-15(19)12-18-9-5-7-14-6-3-4-8-16(14)18/h13-17,19H,3-12H2,1-2H3. The number of aliphatic hydroxyl groups excluding tert-OH is 1. The van der Waals surface area contributed by atoms with E-state index in [2.05, 4.69) is 24.1 Å². The van der Waals surface area contributed by atoms with Crippen LogP contribution in [0.1, 0.15) is 52.4 Å². The second kappa shape index (κ2) is 7.61. The quantitative estimate of drug-likeness (QED) is 0.775. The molecule has 0 aromatic carbocycles. The monoisotopic (exact) mass is 268 g/mol. The van der Waals surface area contributed by atoms with Gasteiger partial charge in [-0.2, -0.15) is 0 Å². The van der Waals surface area contributed by atoms with E-state index in [0.29, 0.717) is 5.92 Å². The van der Waals surface area contributed by atoms with Crippen LogP contribution in [0, 0.1) is 11.8 Å². The minimum Gasteiger partial charge on any atom is -0.390 e. The van der Waals surface area contributed by atoms with Crippen LogP contribution >= 0.6 is 0 Å². The van der Waals surface area contributed by atoms with E-state index in [-0.39, 0.29) is 6.10 Å². The summed E-state index contributed by atoms with van der Waals surface area (Å²) >= 11 is 0. The predicted molar refractivity (Wildman–Crippen MR) is 80.3 cm³/mol. The van der Waals surface area contributed by atoms with Crippen molar-refractivity contribution in [3.63, 3.8) is 0 Å². The molecule has 1 aliphatic carbocycles. The number of nitrogens with one attached hydrogen (secondary N) is 1. The molecule has 2 rings (SSSR count). The van der Waals surface area contributed by atoms with Crippen molar-refractivity contribution in [1.82, 2.24) is 10.2 Å². The summed E-state index contributed by atoms with van der Waals surface area (Å²) < 4.78 is 0. The van der Waals surface area contributed by atoms with Crippen LogP contribution in [-0.2, 0) is 0 Å². The number of rotatable bonds is 6. The van der Waals surface area contributed by atoms with Gasteiger partial charge in [0.2, 0.25) is 0 Å². The Hall–Kier alpha value is -0.120. The van der Waals surface area contributed by atoms with Gasteiger partial charge in [0.1, 0.15) is 0 Å². The molecule has 1 saturated heterocycles. The fraction of sp³-hybridized carbons (Fsp3) is 1.00. The Bertz CT molecular complexity index is 255. The first-order valence-corrected chi connectivity index (χ1v) is 8.29. The van der Waals surface area contributed by atoms with Crippen LogP contribution in [0.2, 0.25) is 0 Å². The lowest BCUT2D eigenvalue weighted by molar-refractivity contribution is 0.0212. The van der Waals surface area contributed by atoms with E-state index in [1.165, 1.54) is 45.1 Å². The third-order valence-corrected chi connectivity index (χ3v) is 4.74. The van der Waals surface area contributed by atoms with E-state index < -0.39 is 0 Å². The lowest BCUT2D eigenvalue weighted by atomic mass is 9.78. The Balaban J connectivity index is 1.73. The minimum absolute atomic E-state index is 0.209. The molecule has 2 fully saturated rings. The molecular weight excluding hydrogens is 236 g/mol. The number of likely N-dealkylation sites (tertiary alicyclic amines) is 1. The first-order chi connectivity index (χ1) is 9.16. The molecule has 19 heavy (non-hydrogen) atoms. The van der Waals surface area contributed by atoms with Crippen molar-refractivity contribution < 1.29 is 5.11 Å². The summed E-state index contributed by atoms with van der Waals surface area (Å²) in [7, 11) is 0. The topological polar surface area (TPSA) is 35.5 Å². The van der Waals surface area contributed by atoms with Crippen molar-refractivity contribution in [3.05, 3.63) is 0 Å². The second-order valence-electron chi connectivity index (χ2n) is 6.95. The first-order valence-electron chi connectivity index (χ1n) is 8.29. The molecule has 0 bridgehead atoms. The molecule has 0 aromatic rings. The van der Waals surface area contributed by atoms with Crippen LogP contribution in [0.5, 0.6) is 0 Å². The van der Waals surface area contributed by atoms with E-state index in [1.54, 1.807) is 0 Å². The van der Waals surface area contributed by atoms with Crippen molar-refractivity contribution in [1.29, 1.82) is 0 Å². The molecule has 1 saturated carbocycles. The summed E-state index contributed by atoms with van der Waals surface area (Å²) in [5, 5.41) is 13.6. The van der Waals surface area contributed by atoms with Crippen molar-refractivity contribution in [2.24, 2.45) is 11.8 Å². The Morgan fingerprint density at radius 3 is 2.63 bits per heavy atom. The van der Waals surface area contributed by atoms with Crippen LogP contribution in [-0.4, -0.2) is 48.3 Å². The van der Waals surface area contributed by atoms with Gasteiger partial charge in [-0.05, 0) is 50.6 Å². The van der Waals surface area contributed by atoms with Crippen molar-refractivity contribution in [2.75, 3.05) is 26.2 Å². The van der Waals surface area contributed by atoms with Gasteiger partial charge >= 0.3 is 0 Å². The normalized spacial score (nSPS) is 30.3. The highest BCUT2D eigenvalue weighted by molar-refractivity contribution is 4.88. The SMILES string of the molecule is CC(C)CNCC(O)CN1CCCC2CCCCC21. The van der Waals surface area contributed by atoms with Crippen molar-refractivity contribution in [3.8, 4) is 0 Å². The van der Waals surface area contributed by atoms with E-state index in [9.17, 15) is 5.11 Å². The third-order valence-electron chi connectivity index (χ3n) is 4.74. The smallest absolute Gasteiger partial charge is 0.0791 e. The number of hydrogen-bond acceptors (Lipinski definition) is 3. The van der Waals surface area contributed by atoms with E-state index in [1.807, 2.05) is 0 Å². The highest BCUT2D eigenvalue weighted by atomic mass is 16.3. The molecule has 0 amide bonds. The van der Waals surface area contributed by atoms with Gasteiger partial charge < -0.3 is 10.4 Å². The fourth-order valence-electron chi connectivity index (χ4n) is 3.83. The highest BCUT2D eigenvalue weighted by Crippen LogP contribution is 2.35. The van der Waals surface area contributed by atoms with E-state index in [0.717, 1.165) is 31.6 Å². The van der Waals surface area contributed by atoms with Crippen molar-refractivity contribution in [2.45, 2.75) is 64.5 Å². The average Bonchev–Trinajstić information content (AvgIpc) is 2.39. The zero-order valence-electron chi connectivity index (χ0n) is 12.8. The Morgan fingerprint density at radius 1 is 1.11 bits per heavy atom. The Labute approximate surface area is 118 Å². The van der Waals surface area contributed by atoms with Gasteiger partial charge in [-0.3, -0.25) is 4.90 Å². The number of aliphatic hydroxyl groups is 1. The molecule has 0 spiro atoms. The number of piperidine rings is 1. The van der Waals surface area contributed by atoms with E-state index >= 15 is 0 Å². The maximum Gasteiger partial charge on any atom is 0.0791 e. The summed E-state index contributed by atoms with van der Waals surface area (Å²) in [6.07, 6.45) is 8.13. The number of fused-ring (bicyclic) bond motifs is 1. The summed E-state index contributed by atoms with van der Waals surface area (Å²) in [6, 6.07) is 0.766. The predicted octanol–water partition coefficient (Wildman–Crippen LogP) is 2.25. The van der Waals surface area contributed by atoms with Gasteiger partial charge in [-0.15, -0.1) is 0 Å². The molecule has 0 radical (unpaired) electrons. The van der Waals surface area contributed by atoms with Crippen LogP contribution in [0.25, 0.3) is 0 Å². The molecule has 2 N–H and O–H groups in total. The molecule has 3 unspecified atom stereocenters. The summed E-state index contributed by atoms with van der Waals surface area (Å²) in [5.74, 6) is 1.57. The number of β-amino-alcohol motifs (C(OH)–C–C–N with tert-alkyl or cyclic N) is 1. The van der Waals surface area contributed by atoms with Gasteiger partial charge in [0, 0.05) is 19.1 Å². The fourth-order valence-corrected chi connectivity index (χ4v) is 3.83. The Morgan fingerprint density at radius 2 is 1.84 bits per heavy atom. The molecule has 112 valence electrons. The summed E-state index contributed by atoms with van der Waals surface area (Å²) in [5.41, 5.74) is 0. The number of hydrogen-bond donors (Lipinski definition) is 2. The lowest BCUT2D eigenvalue weighted by Crippen LogP contribution is -2.50. The average molecular weight is 268 g/mol. The molecule has 1 heterocycles. The molecule has 0 aromatic heterocycles. The van der Waals surface area contributed by atoms with Gasteiger partial charge in [0.05, 0.1) is 6.10 Å². The van der Waals surface area contributed by atoms with Gasteiger partial charge in [-0.1, -0.05) is 26.7 Å². The zero-order chi connectivity index (χ0) is 13.7. The van der Waals surface area contributed by atoms with Crippen molar-refractivity contribution >= 4 is 0 Å². The maximum atomic E-state index is 10.2. The molecule has 3 nitrogen and oxygen atoms in total. The Kier molecular flexibility index (Phi) is 6.11. The third kappa shape index (κ3) is 4.73. The van der Waals surface area contributed by atoms with Crippen LogP contribution in [0.3, 0.4) is 0 Å². The van der Waals surface area contributed by atoms with Gasteiger partial charge in [0.25, 0.3) is 0 Å². The van der Waals surface area contributed by atoms with E-state index in [4.69, 9.17) is 0 Å². The molecule has 3 atom stereocenters. The maximum absolute atomic E-state index is 10.2. The zero-order valence-corrected chi connectivity index (χ0v) is 12.8. The summed E-state index contributed by atoms with van der Waals surface area (Å²) in [4.78, 5) is 2.58. The minimum atomic E-state index is -0.209. The highest BCUT2D eigenvalue weighted by Gasteiger charge is 2.33. The van der Waals surface area contributed by atoms with Crippen LogP contribution in [0.4, 0.5) is 0 Å². The molecule has 2 aliphatic rings. The first kappa shape index (κ1) is 15.3. The lowest BCUT2D eigenvalue weighted by Gasteiger charge is -2.44. The second-order valence-corrected chi connectivity index (χ2v) is 6.95. The van der Waals surface area contributed by atoms with Crippen LogP contribution in [0.15, 0.2) is 0 Å². The van der Waals surface area contributed by atoms with Gasteiger partial charge in [0.15, 0.2) is 0 Å². The molecule has 1 aliphatic heterocycles. The largest absolute Gasteiger partial charge is 0.390 e. The summed E-state index contributed by atoms with van der Waals surface area (Å²) in [6.45, 7) is 8.22. The van der Waals surface area contributed by atoms with Crippen LogP contribution < -0.4 is 5.32 Å².